The first-order valence-electron chi connectivity index (χ1n) is 6.24. The lowest BCUT2D eigenvalue weighted by Gasteiger charge is -2.33. The van der Waals surface area contributed by atoms with Crippen LogP contribution in [0.15, 0.2) is 0 Å². The summed E-state index contributed by atoms with van der Waals surface area (Å²) in [6.45, 7) is 0. The molecule has 30 heavy (non-hydrogen) atoms. The van der Waals surface area contributed by atoms with Crippen molar-refractivity contribution < 1.29 is 87.6 Å². The van der Waals surface area contributed by atoms with Crippen LogP contribution in [0.3, 0.4) is 0 Å². The maximum absolute atomic E-state index is 13.1. The van der Waals surface area contributed by atoms with Crippen LogP contribution in [0.4, 0.5) is 70.2 Å². The molecule has 0 aliphatic rings. The van der Waals surface area contributed by atoms with Crippen molar-refractivity contribution >= 4 is 10.1 Å². The van der Waals surface area contributed by atoms with Crippen LogP contribution in [-0.2, 0) is 19.0 Å². The lowest BCUT2D eigenvalue weighted by Crippen LogP contribution is -2.64. The number of hydrogen-bond donors (Lipinski definition) is 0. The molecule has 0 N–H and O–H groups in total. The Balaban J connectivity index is 5.89. The molecule has 0 saturated carbocycles. The van der Waals surface area contributed by atoms with E-state index in [4.69, 9.17) is 0 Å². The molecule has 0 aromatic carbocycles. The van der Waals surface area contributed by atoms with E-state index < -0.39 is 64.8 Å². The second-order valence-corrected chi connectivity index (χ2v) is 6.46. The number of halogens is 16. The van der Waals surface area contributed by atoms with E-state index in [2.05, 4.69) is 4.74 Å². The Morgan fingerprint density at radius 3 is 1.37 bits per heavy atom. The molecule has 3 unspecified atom stereocenters. The number of alkyl halides is 16. The lowest BCUT2D eigenvalue weighted by molar-refractivity contribution is -0.383. The van der Waals surface area contributed by atoms with Gasteiger partial charge in [-0.2, -0.15) is 56.7 Å². The van der Waals surface area contributed by atoms with Gasteiger partial charge in [0, 0.05) is 0 Å². The number of hydrogen-bond acceptors (Lipinski definition) is 4. The minimum absolute atomic E-state index is 2.02. The summed E-state index contributed by atoms with van der Waals surface area (Å²) in [4.78, 5) is 0. The van der Waals surface area contributed by atoms with Gasteiger partial charge in [0.05, 0.1) is 0 Å². The molecule has 0 aromatic rings. The predicted octanol–water partition coefficient (Wildman–Crippen LogP) is 4.56. The van der Waals surface area contributed by atoms with Gasteiger partial charge in [-0.3, -0.25) is 0 Å². The SMILES string of the molecule is O=S(=O)(OC(F)C(F)(F)C(F)OC(F)C(F)F)C(F)(F)C(F)(F)C(F)(F)C(F)(F)F. The fourth-order valence-electron chi connectivity index (χ4n) is 1.12. The van der Waals surface area contributed by atoms with Gasteiger partial charge in [-0.25, -0.2) is 26.1 Å². The normalized spacial score (nSPS) is 18.4. The predicted molar refractivity (Wildman–Crippen MR) is 57.6 cm³/mol. The minimum Gasteiger partial charge on any atom is -0.303 e. The van der Waals surface area contributed by atoms with Crippen LogP contribution in [0.5, 0.6) is 0 Å². The molecule has 0 amide bonds. The second-order valence-electron chi connectivity index (χ2n) is 4.84. The van der Waals surface area contributed by atoms with Crippen LogP contribution in [0.25, 0.3) is 0 Å². The van der Waals surface area contributed by atoms with Crippen molar-refractivity contribution in [2.45, 2.75) is 54.7 Å². The van der Waals surface area contributed by atoms with E-state index in [1.165, 1.54) is 0 Å². The van der Waals surface area contributed by atoms with E-state index >= 15 is 0 Å². The fourth-order valence-corrected chi connectivity index (χ4v) is 2.03. The first-order chi connectivity index (χ1) is 12.9. The summed E-state index contributed by atoms with van der Waals surface area (Å²) in [6.07, 6.45) is -26.7. The van der Waals surface area contributed by atoms with E-state index in [1.54, 1.807) is 0 Å². The van der Waals surface area contributed by atoms with Crippen LogP contribution in [-0.4, -0.2) is 63.1 Å². The van der Waals surface area contributed by atoms with E-state index in [0.717, 1.165) is 0 Å². The Morgan fingerprint density at radius 2 is 1.03 bits per heavy atom. The molecule has 182 valence electrons. The highest BCUT2D eigenvalue weighted by Crippen LogP contribution is 2.55. The van der Waals surface area contributed by atoms with Gasteiger partial charge in [-0.05, 0) is 0 Å². The molecule has 0 aliphatic carbocycles. The van der Waals surface area contributed by atoms with Crippen LogP contribution in [0.1, 0.15) is 0 Å². The van der Waals surface area contributed by atoms with Crippen molar-refractivity contribution in [1.82, 2.24) is 0 Å². The number of rotatable bonds is 10. The Morgan fingerprint density at radius 1 is 0.633 bits per heavy atom. The second kappa shape index (κ2) is 8.36. The lowest BCUT2D eigenvalue weighted by atomic mass is 10.1. The van der Waals surface area contributed by atoms with Crippen molar-refractivity contribution in [3.8, 4) is 0 Å². The average molecular weight is 512 g/mol. The van der Waals surface area contributed by atoms with Crippen molar-refractivity contribution in [3.63, 3.8) is 0 Å². The first-order valence-corrected chi connectivity index (χ1v) is 7.65. The summed E-state index contributed by atoms with van der Waals surface area (Å²) >= 11 is 0. The highest BCUT2D eigenvalue weighted by atomic mass is 32.2. The third kappa shape index (κ3) is 4.97. The maximum atomic E-state index is 13.1. The van der Waals surface area contributed by atoms with Crippen LogP contribution in [0.2, 0.25) is 0 Å². The van der Waals surface area contributed by atoms with Crippen molar-refractivity contribution in [2.75, 3.05) is 0 Å². The van der Waals surface area contributed by atoms with E-state index in [-0.39, 0.29) is 0 Å². The molecule has 0 heterocycles. The minimum atomic E-state index is -8.20. The van der Waals surface area contributed by atoms with Gasteiger partial charge < -0.3 is 4.74 Å². The smallest absolute Gasteiger partial charge is 0.303 e. The summed E-state index contributed by atoms with van der Waals surface area (Å²) in [5, 5.41) is -7.78. The Labute approximate surface area is 153 Å². The third-order valence-electron chi connectivity index (χ3n) is 2.69. The molecule has 0 spiro atoms. The van der Waals surface area contributed by atoms with Gasteiger partial charge in [0.1, 0.15) is 0 Å². The van der Waals surface area contributed by atoms with Gasteiger partial charge in [-0.1, -0.05) is 0 Å². The van der Waals surface area contributed by atoms with Crippen molar-refractivity contribution in [3.05, 3.63) is 0 Å². The molecule has 4 nitrogen and oxygen atoms in total. The summed E-state index contributed by atoms with van der Waals surface area (Å²) in [6, 6.07) is 0. The highest BCUT2D eigenvalue weighted by molar-refractivity contribution is 7.87. The molecule has 0 rings (SSSR count). The molecule has 0 aromatic heterocycles. The van der Waals surface area contributed by atoms with Gasteiger partial charge in [-0.15, -0.1) is 0 Å². The Bertz CT molecular complexity index is 687. The fraction of sp³-hybridized carbons (Fsp3) is 1.00. The van der Waals surface area contributed by atoms with Gasteiger partial charge in [0.2, 0.25) is 0 Å². The van der Waals surface area contributed by atoms with Crippen molar-refractivity contribution in [1.29, 1.82) is 0 Å². The molecule has 3 atom stereocenters. The highest BCUT2D eigenvalue weighted by Gasteiger charge is 2.86. The largest absolute Gasteiger partial charge is 0.460 e. The molecular formula is C9H4F16O4S. The first kappa shape index (κ1) is 28.8. The molecule has 0 bridgehead atoms. The Hall–Kier alpha value is -1.25. The summed E-state index contributed by atoms with van der Waals surface area (Å²) in [7, 11) is -8.20. The van der Waals surface area contributed by atoms with E-state index in [0.29, 0.717) is 0 Å². The monoisotopic (exact) mass is 512 g/mol. The quantitative estimate of drug-likeness (QED) is 0.318. The third-order valence-corrected chi connectivity index (χ3v) is 4.00. The summed E-state index contributed by atoms with van der Waals surface area (Å²) in [5.74, 6) is -22.2. The number of ether oxygens (including phenoxy) is 1. The zero-order chi connectivity index (χ0) is 24.7. The van der Waals surface area contributed by atoms with Crippen molar-refractivity contribution in [2.24, 2.45) is 0 Å². The summed E-state index contributed by atoms with van der Waals surface area (Å²) < 4.78 is 226. The van der Waals surface area contributed by atoms with Gasteiger partial charge in [0.15, 0.2) is 0 Å². The Kier molecular flexibility index (Phi) is 8.01. The molecule has 0 radical (unpaired) electrons. The molecule has 0 fully saturated rings. The van der Waals surface area contributed by atoms with Crippen LogP contribution in [0, 0.1) is 0 Å². The molecule has 0 aliphatic heterocycles. The topological polar surface area (TPSA) is 52.6 Å². The molecular weight excluding hydrogens is 508 g/mol. The van der Waals surface area contributed by atoms with Gasteiger partial charge in [0.25, 0.3) is 25.5 Å². The molecule has 21 heteroatoms. The van der Waals surface area contributed by atoms with E-state index in [9.17, 15) is 78.7 Å². The van der Waals surface area contributed by atoms with Crippen LogP contribution >= 0.6 is 0 Å². The maximum Gasteiger partial charge on any atom is 0.460 e. The standard InChI is InChI=1S/C9H4F16O4S/c10-1(11)2(12)28-3(13)5(15,16)4(14)29-30(26,27)9(24,25)7(19,20)6(17,18)8(21,22)23/h1-4H. The van der Waals surface area contributed by atoms with E-state index in [1.807, 2.05) is 4.18 Å². The molecule has 0 saturated heterocycles. The average Bonchev–Trinajstić information content (AvgIpc) is 2.52. The zero-order valence-corrected chi connectivity index (χ0v) is 13.7. The van der Waals surface area contributed by atoms with Crippen LogP contribution < -0.4 is 0 Å². The summed E-state index contributed by atoms with van der Waals surface area (Å²) in [5.41, 5.74) is 0. The zero-order valence-electron chi connectivity index (χ0n) is 12.9. The van der Waals surface area contributed by atoms with Gasteiger partial charge >= 0.3 is 39.3 Å².